The summed E-state index contributed by atoms with van der Waals surface area (Å²) in [6, 6.07) is 5.46. The zero-order chi connectivity index (χ0) is 13.5. The molecular weight excluding hydrogens is 232 g/mol. The van der Waals surface area contributed by atoms with E-state index in [2.05, 4.69) is 0 Å². The Kier molecular flexibility index (Phi) is 5.65. The molecule has 1 aromatic carbocycles. The summed E-state index contributed by atoms with van der Waals surface area (Å²) in [5, 5.41) is 0. The van der Waals surface area contributed by atoms with Gasteiger partial charge in [-0.3, -0.25) is 4.79 Å². The standard InChI is InChI=1S/C14H20O4/c1-10(2)18-9-12(15)7-11-5-6-13(16-3)14(8-11)17-4/h5-6,8,10H,7,9H2,1-4H3. The van der Waals surface area contributed by atoms with Crippen LogP contribution in [0, 0.1) is 0 Å². The first-order chi connectivity index (χ1) is 8.56. The molecule has 0 aliphatic heterocycles. The van der Waals surface area contributed by atoms with Gasteiger partial charge in [0, 0.05) is 6.42 Å². The maximum absolute atomic E-state index is 11.7. The third-order valence-electron chi connectivity index (χ3n) is 2.43. The summed E-state index contributed by atoms with van der Waals surface area (Å²) in [5.74, 6) is 1.34. The number of hydrogen-bond acceptors (Lipinski definition) is 4. The molecule has 1 aromatic rings. The fourth-order valence-electron chi connectivity index (χ4n) is 1.53. The topological polar surface area (TPSA) is 44.8 Å². The Balaban J connectivity index is 2.64. The Hall–Kier alpha value is -1.55. The number of rotatable bonds is 7. The molecule has 0 aromatic heterocycles. The first-order valence-corrected chi connectivity index (χ1v) is 5.91. The highest BCUT2D eigenvalue weighted by atomic mass is 16.5. The van der Waals surface area contributed by atoms with Crippen molar-refractivity contribution in [2.75, 3.05) is 20.8 Å². The number of methoxy groups -OCH3 is 2. The quantitative estimate of drug-likeness (QED) is 0.746. The van der Waals surface area contributed by atoms with Gasteiger partial charge in [-0.05, 0) is 31.5 Å². The van der Waals surface area contributed by atoms with Gasteiger partial charge in [-0.2, -0.15) is 0 Å². The van der Waals surface area contributed by atoms with Crippen molar-refractivity contribution in [3.05, 3.63) is 23.8 Å². The molecule has 4 nitrogen and oxygen atoms in total. The molecule has 0 N–H and O–H groups in total. The second-order valence-electron chi connectivity index (χ2n) is 4.26. The predicted molar refractivity (Wildman–Crippen MR) is 69.3 cm³/mol. The van der Waals surface area contributed by atoms with Crippen molar-refractivity contribution in [1.82, 2.24) is 0 Å². The predicted octanol–water partition coefficient (Wildman–Crippen LogP) is 2.24. The average molecular weight is 252 g/mol. The lowest BCUT2D eigenvalue weighted by Crippen LogP contribution is -2.15. The van der Waals surface area contributed by atoms with Crippen LogP contribution in [0.15, 0.2) is 18.2 Å². The van der Waals surface area contributed by atoms with Crippen molar-refractivity contribution in [3.63, 3.8) is 0 Å². The van der Waals surface area contributed by atoms with Crippen LogP contribution in [0.5, 0.6) is 11.5 Å². The smallest absolute Gasteiger partial charge is 0.162 e. The molecule has 0 saturated heterocycles. The van der Waals surface area contributed by atoms with E-state index >= 15 is 0 Å². The molecule has 0 fully saturated rings. The molecule has 0 aliphatic rings. The molecule has 0 bridgehead atoms. The first kappa shape index (κ1) is 14.5. The number of Topliss-reactive ketones (excluding diaryl/α,β-unsaturated/α-hetero) is 1. The van der Waals surface area contributed by atoms with Crippen LogP contribution >= 0.6 is 0 Å². The average Bonchev–Trinajstić information content (AvgIpc) is 2.36. The molecule has 0 spiro atoms. The van der Waals surface area contributed by atoms with Gasteiger partial charge < -0.3 is 14.2 Å². The minimum Gasteiger partial charge on any atom is -0.493 e. The highest BCUT2D eigenvalue weighted by molar-refractivity contribution is 5.82. The van der Waals surface area contributed by atoms with E-state index in [-0.39, 0.29) is 18.5 Å². The molecule has 18 heavy (non-hydrogen) atoms. The number of carbonyl (C=O) groups excluding carboxylic acids is 1. The van der Waals surface area contributed by atoms with Gasteiger partial charge in [0.2, 0.25) is 0 Å². The fraction of sp³-hybridized carbons (Fsp3) is 0.500. The molecule has 0 heterocycles. The summed E-state index contributed by atoms with van der Waals surface area (Å²) in [6.45, 7) is 3.96. The Labute approximate surface area is 108 Å². The first-order valence-electron chi connectivity index (χ1n) is 5.91. The number of ketones is 1. The van der Waals surface area contributed by atoms with Crippen molar-refractivity contribution in [3.8, 4) is 11.5 Å². The van der Waals surface area contributed by atoms with Gasteiger partial charge in [-0.15, -0.1) is 0 Å². The molecule has 0 radical (unpaired) electrons. The van der Waals surface area contributed by atoms with E-state index in [0.717, 1.165) is 5.56 Å². The second kappa shape index (κ2) is 7.01. The van der Waals surface area contributed by atoms with E-state index in [1.54, 1.807) is 20.3 Å². The van der Waals surface area contributed by atoms with Crippen LogP contribution < -0.4 is 9.47 Å². The van der Waals surface area contributed by atoms with E-state index in [1.165, 1.54) is 0 Å². The van der Waals surface area contributed by atoms with Crippen LogP contribution in [0.25, 0.3) is 0 Å². The lowest BCUT2D eigenvalue weighted by molar-refractivity contribution is -0.124. The van der Waals surface area contributed by atoms with Crippen LogP contribution in [0.2, 0.25) is 0 Å². The summed E-state index contributed by atoms with van der Waals surface area (Å²) < 4.78 is 15.6. The Morgan fingerprint density at radius 3 is 2.39 bits per heavy atom. The molecule has 1 rings (SSSR count). The van der Waals surface area contributed by atoms with Gasteiger partial charge >= 0.3 is 0 Å². The van der Waals surface area contributed by atoms with Crippen LogP contribution in [0.4, 0.5) is 0 Å². The maximum atomic E-state index is 11.7. The van der Waals surface area contributed by atoms with Crippen molar-refractivity contribution in [2.24, 2.45) is 0 Å². The molecule has 0 unspecified atom stereocenters. The van der Waals surface area contributed by atoms with Gasteiger partial charge in [0.25, 0.3) is 0 Å². The van der Waals surface area contributed by atoms with Gasteiger partial charge in [0.15, 0.2) is 17.3 Å². The van der Waals surface area contributed by atoms with Gasteiger partial charge in [0.05, 0.1) is 20.3 Å². The van der Waals surface area contributed by atoms with Crippen molar-refractivity contribution < 1.29 is 19.0 Å². The minimum atomic E-state index is 0.0518. The number of benzene rings is 1. The van der Waals surface area contributed by atoms with Gasteiger partial charge in [-0.25, -0.2) is 0 Å². The minimum absolute atomic E-state index is 0.0518. The highest BCUT2D eigenvalue weighted by Crippen LogP contribution is 2.27. The Morgan fingerprint density at radius 2 is 1.83 bits per heavy atom. The number of hydrogen-bond donors (Lipinski definition) is 0. The van der Waals surface area contributed by atoms with Gasteiger partial charge in [0.1, 0.15) is 6.61 Å². The van der Waals surface area contributed by atoms with Crippen molar-refractivity contribution in [2.45, 2.75) is 26.4 Å². The normalized spacial score (nSPS) is 10.5. The number of ether oxygens (including phenoxy) is 3. The molecule has 4 heteroatoms. The third-order valence-corrected chi connectivity index (χ3v) is 2.43. The molecule has 0 atom stereocenters. The molecular formula is C14H20O4. The van der Waals surface area contributed by atoms with Gasteiger partial charge in [-0.1, -0.05) is 6.07 Å². The van der Waals surface area contributed by atoms with E-state index in [0.29, 0.717) is 17.9 Å². The maximum Gasteiger partial charge on any atom is 0.162 e. The Bertz CT molecular complexity index is 399. The van der Waals surface area contributed by atoms with E-state index < -0.39 is 0 Å². The van der Waals surface area contributed by atoms with Crippen LogP contribution in [0.1, 0.15) is 19.4 Å². The summed E-state index contributed by atoms with van der Waals surface area (Å²) in [7, 11) is 3.16. The monoisotopic (exact) mass is 252 g/mol. The summed E-state index contributed by atoms with van der Waals surface area (Å²) in [4.78, 5) is 11.7. The van der Waals surface area contributed by atoms with E-state index in [1.807, 2.05) is 26.0 Å². The molecule has 0 saturated carbocycles. The largest absolute Gasteiger partial charge is 0.493 e. The Morgan fingerprint density at radius 1 is 1.17 bits per heavy atom. The zero-order valence-corrected chi connectivity index (χ0v) is 11.4. The van der Waals surface area contributed by atoms with Crippen molar-refractivity contribution >= 4 is 5.78 Å². The second-order valence-corrected chi connectivity index (χ2v) is 4.26. The molecule has 100 valence electrons. The molecule has 0 amide bonds. The van der Waals surface area contributed by atoms with E-state index in [9.17, 15) is 4.79 Å². The summed E-state index contributed by atoms with van der Waals surface area (Å²) in [5.41, 5.74) is 0.894. The lowest BCUT2D eigenvalue weighted by Gasteiger charge is -2.10. The zero-order valence-electron chi connectivity index (χ0n) is 11.4. The summed E-state index contributed by atoms with van der Waals surface area (Å²) >= 11 is 0. The summed E-state index contributed by atoms with van der Waals surface area (Å²) in [6.07, 6.45) is 0.409. The molecule has 0 aliphatic carbocycles. The lowest BCUT2D eigenvalue weighted by atomic mass is 10.1. The van der Waals surface area contributed by atoms with Crippen molar-refractivity contribution in [1.29, 1.82) is 0 Å². The number of carbonyl (C=O) groups is 1. The third kappa shape index (κ3) is 4.37. The van der Waals surface area contributed by atoms with Crippen LogP contribution in [-0.2, 0) is 16.0 Å². The van der Waals surface area contributed by atoms with Crippen LogP contribution in [-0.4, -0.2) is 32.7 Å². The SMILES string of the molecule is COc1ccc(CC(=O)COC(C)C)cc1OC. The van der Waals surface area contributed by atoms with E-state index in [4.69, 9.17) is 14.2 Å². The van der Waals surface area contributed by atoms with Crippen LogP contribution in [0.3, 0.4) is 0 Å². The fourth-order valence-corrected chi connectivity index (χ4v) is 1.53. The highest BCUT2D eigenvalue weighted by Gasteiger charge is 2.09.